The van der Waals surface area contributed by atoms with E-state index in [-0.39, 0.29) is 11.6 Å². The molecule has 0 saturated heterocycles. The van der Waals surface area contributed by atoms with Crippen LogP contribution in [0.15, 0.2) is 18.2 Å². The molecule has 108 valence electrons. The number of nitro groups is 1. The maximum Gasteiger partial charge on any atom is 0.271 e. The van der Waals surface area contributed by atoms with Gasteiger partial charge in [-0.15, -0.1) is 0 Å². The van der Waals surface area contributed by atoms with Crippen molar-refractivity contribution in [3.8, 4) is 0 Å². The van der Waals surface area contributed by atoms with Gasteiger partial charge in [0.2, 0.25) is 5.91 Å². The quantitative estimate of drug-likeness (QED) is 0.460. The first-order valence-electron chi connectivity index (χ1n) is 6.53. The van der Waals surface area contributed by atoms with Gasteiger partial charge in [-0.2, -0.15) is 0 Å². The van der Waals surface area contributed by atoms with Crippen molar-refractivity contribution in [3.63, 3.8) is 0 Å². The molecule has 2 N–H and O–H groups in total. The smallest absolute Gasteiger partial charge is 0.271 e. The van der Waals surface area contributed by atoms with Gasteiger partial charge in [-0.05, 0) is 25.3 Å². The topological polar surface area (TPSA) is 84.3 Å². The van der Waals surface area contributed by atoms with Crippen LogP contribution >= 0.6 is 11.6 Å². The molecule has 1 aliphatic carbocycles. The predicted octanol–water partition coefficient (Wildman–Crippen LogP) is 2.72. The zero-order valence-electron chi connectivity index (χ0n) is 10.9. The molecule has 1 fully saturated rings. The number of carbonyl (C=O) groups excluding carboxylic acids is 1. The van der Waals surface area contributed by atoms with Crippen molar-refractivity contribution in [2.24, 2.45) is 0 Å². The van der Waals surface area contributed by atoms with Crippen LogP contribution in [0.25, 0.3) is 0 Å². The fraction of sp³-hybridized carbons (Fsp3) is 0.462. The Hall–Kier alpha value is -1.82. The normalized spacial score (nSPS) is 13.8. The van der Waals surface area contributed by atoms with Crippen molar-refractivity contribution in [1.29, 1.82) is 0 Å². The van der Waals surface area contributed by atoms with Crippen molar-refractivity contribution >= 4 is 28.9 Å². The molecule has 0 heterocycles. The van der Waals surface area contributed by atoms with Crippen LogP contribution in [-0.4, -0.2) is 23.4 Å². The minimum Gasteiger partial charge on any atom is -0.384 e. The molecule has 0 unspecified atom stereocenters. The summed E-state index contributed by atoms with van der Waals surface area (Å²) in [5, 5.41) is 16.9. The van der Waals surface area contributed by atoms with E-state index in [0.717, 1.165) is 12.8 Å². The Bertz CT molecular complexity index is 518. The third-order valence-corrected chi connectivity index (χ3v) is 3.31. The Labute approximate surface area is 121 Å². The maximum absolute atomic E-state index is 11.5. The minimum absolute atomic E-state index is 0.0376. The second-order valence-corrected chi connectivity index (χ2v) is 5.20. The van der Waals surface area contributed by atoms with Crippen LogP contribution in [-0.2, 0) is 4.79 Å². The van der Waals surface area contributed by atoms with Gasteiger partial charge in [-0.1, -0.05) is 11.6 Å². The number of nitro benzene ring substituents is 1. The van der Waals surface area contributed by atoms with Gasteiger partial charge in [0, 0.05) is 31.1 Å². The molecule has 6 nitrogen and oxygen atoms in total. The van der Waals surface area contributed by atoms with E-state index in [9.17, 15) is 14.9 Å². The van der Waals surface area contributed by atoms with Crippen molar-refractivity contribution < 1.29 is 9.72 Å². The van der Waals surface area contributed by atoms with E-state index in [1.165, 1.54) is 12.1 Å². The zero-order chi connectivity index (χ0) is 14.5. The van der Waals surface area contributed by atoms with Crippen molar-refractivity contribution in [2.45, 2.75) is 31.7 Å². The molecule has 0 aromatic heterocycles. The van der Waals surface area contributed by atoms with Crippen LogP contribution in [0, 0.1) is 10.1 Å². The number of amides is 1. The molecule has 0 aliphatic heterocycles. The van der Waals surface area contributed by atoms with Gasteiger partial charge in [0.1, 0.15) is 0 Å². The van der Waals surface area contributed by atoms with Gasteiger partial charge in [0.15, 0.2) is 0 Å². The summed E-state index contributed by atoms with van der Waals surface area (Å²) < 4.78 is 0. The first kappa shape index (κ1) is 14.6. The highest BCUT2D eigenvalue weighted by Crippen LogP contribution is 2.26. The molecule has 1 aromatic carbocycles. The molecule has 2 rings (SSSR count). The van der Waals surface area contributed by atoms with E-state index in [1.807, 2.05) is 0 Å². The molecule has 1 aromatic rings. The fourth-order valence-corrected chi connectivity index (χ4v) is 2.00. The summed E-state index contributed by atoms with van der Waals surface area (Å²) in [4.78, 5) is 21.5. The number of halogens is 1. The Morgan fingerprint density at radius 3 is 2.80 bits per heavy atom. The van der Waals surface area contributed by atoms with Crippen molar-refractivity contribution in [3.05, 3.63) is 33.3 Å². The lowest BCUT2D eigenvalue weighted by molar-refractivity contribution is -0.384. The largest absolute Gasteiger partial charge is 0.384 e. The van der Waals surface area contributed by atoms with Gasteiger partial charge in [-0.3, -0.25) is 14.9 Å². The first-order valence-corrected chi connectivity index (χ1v) is 6.91. The third kappa shape index (κ3) is 4.38. The first-order chi connectivity index (χ1) is 9.56. The van der Waals surface area contributed by atoms with Gasteiger partial charge in [-0.25, -0.2) is 0 Å². The molecule has 0 bridgehead atoms. The monoisotopic (exact) mass is 297 g/mol. The number of hydrogen-bond donors (Lipinski definition) is 2. The minimum atomic E-state index is -0.488. The lowest BCUT2D eigenvalue weighted by atomic mass is 10.2. The van der Waals surface area contributed by atoms with Gasteiger partial charge >= 0.3 is 0 Å². The summed E-state index contributed by atoms with van der Waals surface area (Å²) in [5.41, 5.74) is 0.601. The molecular weight excluding hydrogens is 282 g/mol. The Morgan fingerprint density at radius 2 is 2.20 bits per heavy atom. The number of nitrogens with one attached hydrogen (secondary N) is 2. The summed E-state index contributed by atoms with van der Waals surface area (Å²) in [7, 11) is 0. The van der Waals surface area contributed by atoms with Crippen LogP contribution in [0.4, 0.5) is 11.4 Å². The van der Waals surface area contributed by atoms with Crippen LogP contribution in [0.2, 0.25) is 5.02 Å². The number of benzene rings is 1. The summed E-state index contributed by atoms with van der Waals surface area (Å²) in [6.07, 6.45) is 3.32. The Kier molecular flexibility index (Phi) is 4.79. The molecule has 20 heavy (non-hydrogen) atoms. The molecular formula is C13H16ClN3O3. The highest BCUT2D eigenvalue weighted by molar-refractivity contribution is 6.33. The predicted molar refractivity (Wildman–Crippen MR) is 77.0 cm³/mol. The Morgan fingerprint density at radius 1 is 1.45 bits per heavy atom. The lowest BCUT2D eigenvalue weighted by Gasteiger charge is -2.08. The molecule has 1 saturated carbocycles. The van der Waals surface area contributed by atoms with Crippen LogP contribution < -0.4 is 10.6 Å². The molecule has 0 atom stereocenters. The molecule has 0 radical (unpaired) electrons. The molecule has 0 spiro atoms. The SMILES string of the molecule is O=C(CCCNc1ccc([N+](=O)[O-])cc1Cl)NC1CC1. The average Bonchev–Trinajstić information content (AvgIpc) is 3.19. The standard InChI is InChI=1S/C13H16ClN3O3/c14-11-8-10(17(19)20)5-6-12(11)15-7-1-2-13(18)16-9-3-4-9/h5-6,8-9,15H,1-4,7H2,(H,16,18). The van der Waals surface area contributed by atoms with E-state index >= 15 is 0 Å². The van der Waals surface area contributed by atoms with Gasteiger partial charge < -0.3 is 10.6 Å². The molecule has 1 amide bonds. The molecule has 1 aliphatic rings. The number of nitrogens with zero attached hydrogens (tertiary/aromatic N) is 1. The number of anilines is 1. The number of rotatable bonds is 7. The fourth-order valence-electron chi connectivity index (χ4n) is 1.76. The van der Waals surface area contributed by atoms with Crippen LogP contribution in [0.3, 0.4) is 0 Å². The second-order valence-electron chi connectivity index (χ2n) is 4.79. The van der Waals surface area contributed by atoms with E-state index in [4.69, 9.17) is 11.6 Å². The average molecular weight is 298 g/mol. The van der Waals surface area contributed by atoms with Crippen LogP contribution in [0.5, 0.6) is 0 Å². The van der Waals surface area contributed by atoms with E-state index in [1.54, 1.807) is 6.07 Å². The summed E-state index contributed by atoms with van der Waals surface area (Å²) in [5.74, 6) is 0.0732. The number of hydrogen-bond acceptors (Lipinski definition) is 4. The highest BCUT2D eigenvalue weighted by atomic mass is 35.5. The van der Waals surface area contributed by atoms with Crippen molar-refractivity contribution in [2.75, 3.05) is 11.9 Å². The van der Waals surface area contributed by atoms with E-state index in [0.29, 0.717) is 36.1 Å². The van der Waals surface area contributed by atoms with Gasteiger partial charge in [0.25, 0.3) is 5.69 Å². The summed E-state index contributed by atoms with van der Waals surface area (Å²) in [6.45, 7) is 0.593. The van der Waals surface area contributed by atoms with Gasteiger partial charge in [0.05, 0.1) is 15.6 Å². The van der Waals surface area contributed by atoms with E-state index in [2.05, 4.69) is 10.6 Å². The zero-order valence-corrected chi connectivity index (χ0v) is 11.7. The lowest BCUT2D eigenvalue weighted by Crippen LogP contribution is -2.25. The second kappa shape index (κ2) is 6.56. The molecule has 7 heteroatoms. The summed E-state index contributed by atoms with van der Waals surface area (Å²) in [6, 6.07) is 4.67. The maximum atomic E-state index is 11.5. The highest BCUT2D eigenvalue weighted by Gasteiger charge is 2.22. The third-order valence-electron chi connectivity index (χ3n) is 3.00. The Balaban J connectivity index is 1.73. The van der Waals surface area contributed by atoms with Crippen LogP contribution in [0.1, 0.15) is 25.7 Å². The number of non-ortho nitro benzene ring substituents is 1. The number of carbonyl (C=O) groups is 1. The summed E-state index contributed by atoms with van der Waals surface area (Å²) >= 11 is 5.95. The van der Waals surface area contributed by atoms with E-state index < -0.39 is 4.92 Å². The van der Waals surface area contributed by atoms with Crippen molar-refractivity contribution in [1.82, 2.24) is 5.32 Å².